The van der Waals surface area contributed by atoms with Gasteiger partial charge in [0.1, 0.15) is 0 Å². The van der Waals surface area contributed by atoms with E-state index >= 15 is 0 Å². The molecule has 2 aliphatic rings. The Morgan fingerprint density at radius 1 is 1.70 bits per heavy atom. The van der Waals surface area contributed by atoms with Gasteiger partial charge in [0.2, 0.25) is 0 Å². The van der Waals surface area contributed by atoms with Crippen LogP contribution in [0.5, 0.6) is 0 Å². The molecule has 0 saturated carbocycles. The molecule has 54 valence electrons. The van der Waals surface area contributed by atoms with Gasteiger partial charge in [-0.2, -0.15) is 0 Å². The summed E-state index contributed by atoms with van der Waals surface area (Å²) >= 11 is 0. The molecule has 3 heteroatoms. The standard InChI is InChI=1S/C7H9NO2/c1-4-2-3-8-5(4)6(9)7(8)10/h2-6,9H,1H3/t4?,5-,6?/m1/s1. The van der Waals surface area contributed by atoms with Gasteiger partial charge in [0.25, 0.3) is 5.91 Å². The third-order valence-corrected chi connectivity index (χ3v) is 2.24. The molecule has 1 fully saturated rings. The molecule has 1 amide bonds. The fourth-order valence-electron chi connectivity index (χ4n) is 1.57. The Balaban J connectivity index is 2.22. The summed E-state index contributed by atoms with van der Waals surface area (Å²) in [6, 6.07) is 0.0347. The molecule has 0 spiro atoms. The van der Waals surface area contributed by atoms with E-state index < -0.39 is 6.10 Å². The number of rotatable bonds is 0. The van der Waals surface area contributed by atoms with Gasteiger partial charge in [-0.3, -0.25) is 4.79 Å². The second-order valence-electron chi connectivity index (χ2n) is 2.88. The van der Waals surface area contributed by atoms with Crippen molar-refractivity contribution in [2.75, 3.05) is 0 Å². The number of carbonyl (C=O) groups excluding carboxylic acids is 1. The number of fused-ring (bicyclic) bond motifs is 1. The molecule has 2 rings (SSSR count). The Labute approximate surface area is 58.9 Å². The second kappa shape index (κ2) is 1.61. The monoisotopic (exact) mass is 139 g/mol. The van der Waals surface area contributed by atoms with Gasteiger partial charge in [-0.05, 0) is 5.92 Å². The lowest BCUT2D eigenvalue weighted by Crippen LogP contribution is -2.62. The summed E-state index contributed by atoms with van der Waals surface area (Å²) in [4.78, 5) is 12.4. The number of carbonyl (C=O) groups is 1. The van der Waals surface area contributed by atoms with Crippen molar-refractivity contribution in [1.29, 1.82) is 0 Å². The molecule has 10 heavy (non-hydrogen) atoms. The van der Waals surface area contributed by atoms with Crippen LogP contribution < -0.4 is 0 Å². The number of hydrogen-bond acceptors (Lipinski definition) is 2. The van der Waals surface area contributed by atoms with Gasteiger partial charge in [-0.15, -0.1) is 0 Å². The van der Waals surface area contributed by atoms with Crippen LogP contribution in [0.2, 0.25) is 0 Å². The number of β-lactam (4-membered cyclic amide) rings is 1. The number of hydrogen-bond donors (Lipinski definition) is 1. The van der Waals surface area contributed by atoms with E-state index in [0.29, 0.717) is 5.92 Å². The highest BCUT2D eigenvalue weighted by atomic mass is 16.3. The lowest BCUT2D eigenvalue weighted by atomic mass is 9.91. The zero-order chi connectivity index (χ0) is 7.30. The maximum absolute atomic E-state index is 10.8. The smallest absolute Gasteiger partial charge is 0.257 e. The molecular weight excluding hydrogens is 130 g/mol. The lowest BCUT2D eigenvalue weighted by Gasteiger charge is -2.40. The zero-order valence-corrected chi connectivity index (χ0v) is 5.69. The fourth-order valence-corrected chi connectivity index (χ4v) is 1.57. The predicted octanol–water partition coefficient (Wildman–Crippen LogP) is -0.278. The quantitative estimate of drug-likeness (QED) is 0.469. The van der Waals surface area contributed by atoms with Crippen LogP contribution in [0.4, 0.5) is 0 Å². The summed E-state index contributed by atoms with van der Waals surface area (Å²) in [5.41, 5.74) is 0. The Morgan fingerprint density at radius 2 is 2.40 bits per heavy atom. The number of aliphatic hydroxyl groups excluding tert-OH is 1. The summed E-state index contributed by atoms with van der Waals surface area (Å²) in [5.74, 6) is 0.151. The van der Waals surface area contributed by atoms with E-state index in [1.54, 1.807) is 11.1 Å². The molecule has 2 heterocycles. The molecule has 1 N–H and O–H groups in total. The van der Waals surface area contributed by atoms with Crippen molar-refractivity contribution in [1.82, 2.24) is 4.90 Å². The number of nitrogens with zero attached hydrogens (tertiary/aromatic N) is 1. The fraction of sp³-hybridized carbons (Fsp3) is 0.571. The van der Waals surface area contributed by atoms with Crippen molar-refractivity contribution in [3.05, 3.63) is 12.3 Å². The van der Waals surface area contributed by atoms with E-state index in [-0.39, 0.29) is 11.9 Å². The summed E-state index contributed by atoms with van der Waals surface area (Å²) in [6.07, 6.45) is 2.95. The minimum Gasteiger partial charge on any atom is -0.381 e. The first-order chi connectivity index (χ1) is 4.72. The minimum absolute atomic E-state index is 0.0347. The lowest BCUT2D eigenvalue weighted by molar-refractivity contribution is -0.160. The van der Waals surface area contributed by atoms with Crippen molar-refractivity contribution in [2.45, 2.75) is 19.1 Å². The third kappa shape index (κ3) is 0.467. The number of aliphatic hydroxyl groups is 1. The molecule has 0 radical (unpaired) electrons. The minimum atomic E-state index is -0.745. The Hall–Kier alpha value is -0.830. The van der Waals surface area contributed by atoms with E-state index in [0.717, 1.165) is 0 Å². The van der Waals surface area contributed by atoms with Gasteiger partial charge in [0.15, 0.2) is 6.10 Å². The normalized spacial score (nSPS) is 43.6. The highest BCUT2D eigenvalue weighted by Crippen LogP contribution is 2.32. The van der Waals surface area contributed by atoms with Crippen LogP contribution >= 0.6 is 0 Å². The van der Waals surface area contributed by atoms with Gasteiger partial charge in [-0.25, -0.2) is 0 Å². The highest BCUT2D eigenvalue weighted by molar-refractivity contribution is 5.90. The summed E-state index contributed by atoms with van der Waals surface area (Å²) in [6.45, 7) is 2.00. The molecular formula is C7H9NO2. The largest absolute Gasteiger partial charge is 0.381 e. The summed E-state index contributed by atoms with van der Waals surface area (Å²) < 4.78 is 0. The van der Waals surface area contributed by atoms with E-state index in [2.05, 4.69) is 0 Å². The van der Waals surface area contributed by atoms with E-state index in [1.165, 1.54) is 0 Å². The molecule has 0 aromatic heterocycles. The maximum Gasteiger partial charge on any atom is 0.257 e. The molecule has 2 aliphatic heterocycles. The first-order valence-corrected chi connectivity index (χ1v) is 3.40. The van der Waals surface area contributed by atoms with Crippen LogP contribution in [0.25, 0.3) is 0 Å². The third-order valence-electron chi connectivity index (χ3n) is 2.24. The van der Waals surface area contributed by atoms with Crippen molar-refractivity contribution in [3.8, 4) is 0 Å². The van der Waals surface area contributed by atoms with Crippen molar-refractivity contribution < 1.29 is 9.90 Å². The van der Waals surface area contributed by atoms with Crippen LogP contribution in [0.1, 0.15) is 6.92 Å². The van der Waals surface area contributed by atoms with Crippen LogP contribution in [-0.4, -0.2) is 28.1 Å². The van der Waals surface area contributed by atoms with Crippen LogP contribution in [-0.2, 0) is 4.79 Å². The molecule has 0 bridgehead atoms. The molecule has 2 unspecified atom stereocenters. The Kier molecular flexibility index (Phi) is 0.951. The Morgan fingerprint density at radius 3 is 3.00 bits per heavy atom. The summed E-state index contributed by atoms with van der Waals surface area (Å²) in [7, 11) is 0. The van der Waals surface area contributed by atoms with Gasteiger partial charge in [0, 0.05) is 6.20 Å². The highest BCUT2D eigenvalue weighted by Gasteiger charge is 2.49. The van der Waals surface area contributed by atoms with Gasteiger partial charge >= 0.3 is 0 Å². The van der Waals surface area contributed by atoms with Crippen LogP contribution in [0.15, 0.2) is 12.3 Å². The van der Waals surface area contributed by atoms with Gasteiger partial charge in [0.05, 0.1) is 6.04 Å². The first-order valence-electron chi connectivity index (χ1n) is 3.40. The zero-order valence-electron chi connectivity index (χ0n) is 5.69. The van der Waals surface area contributed by atoms with Crippen LogP contribution in [0.3, 0.4) is 0 Å². The molecule has 3 nitrogen and oxygen atoms in total. The van der Waals surface area contributed by atoms with Gasteiger partial charge < -0.3 is 10.0 Å². The topological polar surface area (TPSA) is 40.5 Å². The van der Waals surface area contributed by atoms with Crippen molar-refractivity contribution in [3.63, 3.8) is 0 Å². The van der Waals surface area contributed by atoms with E-state index in [4.69, 9.17) is 5.11 Å². The molecule has 3 atom stereocenters. The van der Waals surface area contributed by atoms with E-state index in [1.807, 2.05) is 13.0 Å². The first kappa shape index (κ1) is 5.92. The second-order valence-corrected chi connectivity index (χ2v) is 2.88. The predicted molar refractivity (Wildman–Crippen MR) is 34.9 cm³/mol. The molecule has 0 aliphatic carbocycles. The van der Waals surface area contributed by atoms with Crippen molar-refractivity contribution in [2.24, 2.45) is 5.92 Å². The average molecular weight is 139 g/mol. The average Bonchev–Trinajstić information content (AvgIpc) is 2.27. The Bertz CT molecular complexity index is 212. The SMILES string of the molecule is CC1C=CN2C(=O)C(O)[C@@H]12. The molecule has 1 saturated heterocycles. The van der Waals surface area contributed by atoms with Crippen LogP contribution in [0, 0.1) is 5.92 Å². The molecule has 0 aromatic carbocycles. The molecule has 0 aromatic rings. The van der Waals surface area contributed by atoms with E-state index in [9.17, 15) is 4.79 Å². The maximum atomic E-state index is 10.8. The van der Waals surface area contributed by atoms with Crippen molar-refractivity contribution >= 4 is 5.91 Å². The van der Waals surface area contributed by atoms with Gasteiger partial charge in [-0.1, -0.05) is 13.0 Å². The number of amides is 1. The summed E-state index contributed by atoms with van der Waals surface area (Å²) in [5, 5.41) is 9.13.